The lowest BCUT2D eigenvalue weighted by Crippen LogP contribution is -1.84. The summed E-state index contributed by atoms with van der Waals surface area (Å²) in [6.45, 7) is 0. The van der Waals surface area contributed by atoms with Crippen molar-refractivity contribution in [3.8, 4) is 0 Å². The fourth-order valence-corrected chi connectivity index (χ4v) is 2.74. The highest BCUT2D eigenvalue weighted by molar-refractivity contribution is 9.10. The standard InChI is InChI=1S/C10H10Br2/c11-6-9-4-3-8(5-10(9)12)7-1-2-7/h3-5,7H,1-2,6H2. The summed E-state index contributed by atoms with van der Waals surface area (Å²) >= 11 is 7.03. The van der Waals surface area contributed by atoms with Crippen molar-refractivity contribution in [2.45, 2.75) is 24.1 Å². The van der Waals surface area contributed by atoms with Crippen LogP contribution in [0, 0.1) is 0 Å². The number of alkyl halides is 1. The molecule has 2 heteroatoms. The molecule has 0 spiro atoms. The minimum atomic E-state index is 0.852. The van der Waals surface area contributed by atoms with Gasteiger partial charge in [0.2, 0.25) is 0 Å². The lowest BCUT2D eigenvalue weighted by molar-refractivity contribution is 1.12. The Morgan fingerprint density at radius 1 is 1.33 bits per heavy atom. The zero-order chi connectivity index (χ0) is 8.55. The highest BCUT2D eigenvalue weighted by Gasteiger charge is 2.23. The molecule has 0 atom stereocenters. The van der Waals surface area contributed by atoms with E-state index in [1.165, 1.54) is 28.4 Å². The molecule has 12 heavy (non-hydrogen) atoms. The molecule has 0 amide bonds. The quantitative estimate of drug-likeness (QED) is 0.715. The van der Waals surface area contributed by atoms with Crippen LogP contribution in [0.3, 0.4) is 0 Å². The van der Waals surface area contributed by atoms with E-state index in [4.69, 9.17) is 0 Å². The molecule has 64 valence electrons. The van der Waals surface area contributed by atoms with E-state index in [9.17, 15) is 0 Å². The molecule has 1 aliphatic rings. The molecule has 0 saturated heterocycles. The Balaban J connectivity index is 2.30. The second-order valence-corrected chi connectivity index (χ2v) is 4.67. The molecule has 0 nitrogen and oxygen atoms in total. The summed E-state index contributed by atoms with van der Waals surface area (Å²) in [5.74, 6) is 0.852. The van der Waals surface area contributed by atoms with E-state index in [0.29, 0.717) is 0 Å². The lowest BCUT2D eigenvalue weighted by atomic mass is 10.1. The van der Waals surface area contributed by atoms with Crippen LogP contribution in [0.1, 0.15) is 29.9 Å². The van der Waals surface area contributed by atoms with Gasteiger partial charge in [-0.05, 0) is 36.0 Å². The number of benzene rings is 1. The maximum absolute atomic E-state index is 3.57. The van der Waals surface area contributed by atoms with Crippen molar-refractivity contribution in [1.29, 1.82) is 0 Å². The van der Waals surface area contributed by atoms with E-state index in [2.05, 4.69) is 50.1 Å². The van der Waals surface area contributed by atoms with E-state index in [-0.39, 0.29) is 0 Å². The van der Waals surface area contributed by atoms with Crippen LogP contribution in [0.5, 0.6) is 0 Å². The molecule has 1 fully saturated rings. The fraction of sp³-hybridized carbons (Fsp3) is 0.400. The molecular formula is C10H10Br2. The Bertz CT molecular complexity index is 290. The molecule has 1 aromatic rings. The largest absolute Gasteiger partial charge is 0.0876 e. The van der Waals surface area contributed by atoms with Crippen molar-refractivity contribution in [2.24, 2.45) is 0 Å². The summed E-state index contributed by atoms with van der Waals surface area (Å²) in [6.07, 6.45) is 2.75. The maximum atomic E-state index is 3.57. The summed E-state index contributed by atoms with van der Waals surface area (Å²) in [5, 5.41) is 0.929. The van der Waals surface area contributed by atoms with Crippen molar-refractivity contribution >= 4 is 31.9 Å². The van der Waals surface area contributed by atoms with Gasteiger partial charge >= 0.3 is 0 Å². The zero-order valence-corrected chi connectivity index (χ0v) is 9.86. The number of halogens is 2. The van der Waals surface area contributed by atoms with E-state index < -0.39 is 0 Å². The average molecular weight is 290 g/mol. The topological polar surface area (TPSA) is 0 Å². The van der Waals surface area contributed by atoms with Crippen LogP contribution in [0.25, 0.3) is 0 Å². The molecule has 1 aliphatic carbocycles. The third kappa shape index (κ3) is 1.74. The predicted molar refractivity (Wildman–Crippen MR) is 58.7 cm³/mol. The van der Waals surface area contributed by atoms with Gasteiger partial charge in [-0.2, -0.15) is 0 Å². The second-order valence-electron chi connectivity index (χ2n) is 3.26. The minimum absolute atomic E-state index is 0.852. The van der Waals surface area contributed by atoms with Crippen LogP contribution in [-0.4, -0.2) is 0 Å². The number of rotatable bonds is 2. The van der Waals surface area contributed by atoms with Gasteiger partial charge in [0, 0.05) is 9.80 Å². The van der Waals surface area contributed by atoms with Gasteiger partial charge < -0.3 is 0 Å². The summed E-state index contributed by atoms with van der Waals surface area (Å²) in [4.78, 5) is 0. The number of hydrogen-bond acceptors (Lipinski definition) is 0. The van der Waals surface area contributed by atoms with Crippen LogP contribution < -0.4 is 0 Å². The Hall–Kier alpha value is 0.180. The fourth-order valence-electron chi connectivity index (χ4n) is 1.34. The second kappa shape index (κ2) is 3.51. The van der Waals surface area contributed by atoms with Crippen molar-refractivity contribution in [3.05, 3.63) is 33.8 Å². The first-order valence-corrected chi connectivity index (χ1v) is 6.07. The number of hydrogen-bond donors (Lipinski definition) is 0. The van der Waals surface area contributed by atoms with E-state index in [1.54, 1.807) is 0 Å². The molecule has 2 rings (SSSR count). The SMILES string of the molecule is BrCc1ccc(C2CC2)cc1Br. The van der Waals surface area contributed by atoms with Crippen molar-refractivity contribution in [2.75, 3.05) is 0 Å². The first-order chi connectivity index (χ1) is 5.81. The van der Waals surface area contributed by atoms with Crippen LogP contribution >= 0.6 is 31.9 Å². The molecule has 0 aliphatic heterocycles. The van der Waals surface area contributed by atoms with Crippen LogP contribution in [-0.2, 0) is 5.33 Å². The molecule has 0 aromatic heterocycles. The highest BCUT2D eigenvalue weighted by atomic mass is 79.9. The summed E-state index contributed by atoms with van der Waals surface area (Å²) < 4.78 is 1.24. The van der Waals surface area contributed by atoms with Gasteiger partial charge in [-0.1, -0.05) is 44.0 Å². The van der Waals surface area contributed by atoms with E-state index in [0.717, 1.165) is 11.2 Å². The third-order valence-electron chi connectivity index (χ3n) is 2.27. The van der Waals surface area contributed by atoms with Gasteiger partial charge in [0.25, 0.3) is 0 Å². The molecule has 0 heterocycles. The van der Waals surface area contributed by atoms with Crippen molar-refractivity contribution < 1.29 is 0 Å². The van der Waals surface area contributed by atoms with Crippen molar-refractivity contribution in [3.63, 3.8) is 0 Å². The predicted octanol–water partition coefficient (Wildman–Crippen LogP) is 4.22. The van der Waals surface area contributed by atoms with E-state index in [1.807, 2.05) is 0 Å². The molecular weight excluding hydrogens is 280 g/mol. The van der Waals surface area contributed by atoms with Gasteiger partial charge in [-0.3, -0.25) is 0 Å². The van der Waals surface area contributed by atoms with Gasteiger partial charge in [0.15, 0.2) is 0 Å². The molecule has 0 unspecified atom stereocenters. The van der Waals surface area contributed by atoms with Gasteiger partial charge in [0.05, 0.1) is 0 Å². The smallest absolute Gasteiger partial charge is 0.0294 e. The normalized spacial score (nSPS) is 16.5. The molecule has 0 radical (unpaired) electrons. The lowest BCUT2D eigenvalue weighted by Gasteiger charge is -2.03. The highest BCUT2D eigenvalue weighted by Crippen LogP contribution is 2.41. The van der Waals surface area contributed by atoms with Gasteiger partial charge in [-0.15, -0.1) is 0 Å². The maximum Gasteiger partial charge on any atom is 0.0294 e. The van der Waals surface area contributed by atoms with Crippen LogP contribution in [0.15, 0.2) is 22.7 Å². The Morgan fingerprint density at radius 2 is 2.08 bits per heavy atom. The molecule has 0 bridgehead atoms. The molecule has 0 N–H and O–H groups in total. The van der Waals surface area contributed by atoms with Gasteiger partial charge in [-0.25, -0.2) is 0 Å². The zero-order valence-electron chi connectivity index (χ0n) is 6.69. The van der Waals surface area contributed by atoms with Crippen LogP contribution in [0.4, 0.5) is 0 Å². The monoisotopic (exact) mass is 288 g/mol. The van der Waals surface area contributed by atoms with Crippen LogP contribution in [0.2, 0.25) is 0 Å². The van der Waals surface area contributed by atoms with Crippen molar-refractivity contribution in [1.82, 2.24) is 0 Å². The average Bonchev–Trinajstić information content (AvgIpc) is 2.86. The summed E-state index contributed by atoms with van der Waals surface area (Å²) in [7, 11) is 0. The third-order valence-corrected chi connectivity index (χ3v) is 3.61. The Morgan fingerprint density at radius 3 is 2.58 bits per heavy atom. The Kier molecular flexibility index (Phi) is 2.56. The summed E-state index contributed by atoms with van der Waals surface area (Å²) in [5.41, 5.74) is 2.82. The Labute approximate surface area is 89.6 Å². The molecule has 1 saturated carbocycles. The first kappa shape index (κ1) is 8.76. The van der Waals surface area contributed by atoms with E-state index >= 15 is 0 Å². The summed E-state index contributed by atoms with van der Waals surface area (Å²) in [6, 6.07) is 6.71. The molecule has 1 aromatic carbocycles. The minimum Gasteiger partial charge on any atom is -0.0876 e. The first-order valence-electron chi connectivity index (χ1n) is 4.15. The van der Waals surface area contributed by atoms with Gasteiger partial charge in [0.1, 0.15) is 0 Å².